The van der Waals surface area contributed by atoms with E-state index in [2.05, 4.69) is 15.6 Å². The van der Waals surface area contributed by atoms with E-state index in [9.17, 15) is 18.0 Å². The van der Waals surface area contributed by atoms with E-state index in [-0.39, 0.29) is 11.4 Å². The van der Waals surface area contributed by atoms with Gasteiger partial charge in [0.05, 0.1) is 10.6 Å². The molecule has 0 atom stereocenters. The molecule has 0 bridgehead atoms. The minimum Gasteiger partial charge on any atom is -0.385 e. The normalized spacial score (nSPS) is 11.5. The number of rotatable bonds is 5. The number of alkyl halides is 3. The molecule has 8 heteroatoms. The molecule has 0 saturated carbocycles. The van der Waals surface area contributed by atoms with E-state index in [0.29, 0.717) is 11.6 Å². The molecule has 0 aliphatic carbocycles. The van der Waals surface area contributed by atoms with E-state index in [4.69, 9.17) is 11.6 Å². The van der Waals surface area contributed by atoms with Crippen molar-refractivity contribution >= 4 is 28.9 Å². The van der Waals surface area contributed by atoms with Gasteiger partial charge in [-0.2, -0.15) is 13.2 Å². The van der Waals surface area contributed by atoms with Crippen LogP contribution in [0.15, 0.2) is 36.5 Å². The Morgan fingerprint density at radius 3 is 2.56 bits per heavy atom. The molecular weight excluding hydrogens is 355 g/mol. The van der Waals surface area contributed by atoms with Gasteiger partial charge in [0.25, 0.3) is 5.91 Å². The Balaban J connectivity index is 2.16. The van der Waals surface area contributed by atoms with E-state index in [1.54, 1.807) is 6.07 Å². The third kappa shape index (κ3) is 5.35. The van der Waals surface area contributed by atoms with Gasteiger partial charge < -0.3 is 10.6 Å². The first kappa shape index (κ1) is 19.1. The lowest BCUT2D eigenvalue weighted by Crippen LogP contribution is -2.15. The molecule has 1 aromatic heterocycles. The fraction of sp³-hybridized carbons (Fsp3) is 0.294. The maximum atomic E-state index is 12.9. The summed E-state index contributed by atoms with van der Waals surface area (Å²) in [6.45, 7) is 4.80. The van der Waals surface area contributed by atoms with E-state index in [1.807, 2.05) is 13.8 Å². The molecular formula is C17H17ClF3N3O. The maximum absolute atomic E-state index is 12.9. The molecule has 0 spiro atoms. The number of carbonyl (C=O) groups excluding carboxylic acids is 1. The molecule has 0 aliphatic heterocycles. The van der Waals surface area contributed by atoms with Crippen LogP contribution in [0.5, 0.6) is 0 Å². The second-order valence-electron chi connectivity index (χ2n) is 5.85. The van der Waals surface area contributed by atoms with Crippen LogP contribution in [0.3, 0.4) is 0 Å². The van der Waals surface area contributed by atoms with E-state index >= 15 is 0 Å². The summed E-state index contributed by atoms with van der Waals surface area (Å²) < 4.78 is 38.6. The van der Waals surface area contributed by atoms with Crippen LogP contribution >= 0.6 is 11.6 Å². The summed E-state index contributed by atoms with van der Waals surface area (Å²) in [6.07, 6.45) is -3.14. The Hall–Kier alpha value is -2.28. The van der Waals surface area contributed by atoms with Crippen molar-refractivity contribution in [3.8, 4) is 0 Å². The first-order valence-electron chi connectivity index (χ1n) is 7.55. The van der Waals surface area contributed by atoms with Gasteiger partial charge in [0, 0.05) is 24.1 Å². The predicted octanol–water partition coefficient (Wildman–Crippen LogP) is 5.07. The molecule has 25 heavy (non-hydrogen) atoms. The number of hydrogen-bond donors (Lipinski definition) is 2. The number of amides is 1. The lowest BCUT2D eigenvalue weighted by Gasteiger charge is -2.12. The largest absolute Gasteiger partial charge is 0.417 e. The zero-order chi connectivity index (χ0) is 18.6. The monoisotopic (exact) mass is 371 g/mol. The molecule has 2 aromatic rings. The highest BCUT2D eigenvalue weighted by molar-refractivity contribution is 6.31. The van der Waals surface area contributed by atoms with E-state index in [1.165, 1.54) is 18.3 Å². The third-order valence-corrected chi connectivity index (χ3v) is 3.57. The van der Waals surface area contributed by atoms with E-state index in [0.717, 1.165) is 18.7 Å². The van der Waals surface area contributed by atoms with E-state index < -0.39 is 22.7 Å². The molecule has 2 N–H and O–H groups in total. The number of halogens is 4. The molecule has 134 valence electrons. The predicted molar refractivity (Wildman–Crippen MR) is 92.0 cm³/mol. The number of nitrogens with zero attached hydrogens (tertiary/aromatic N) is 1. The van der Waals surface area contributed by atoms with Crippen molar-refractivity contribution in [1.82, 2.24) is 4.98 Å². The molecule has 0 fully saturated rings. The molecule has 0 radical (unpaired) electrons. The van der Waals surface area contributed by atoms with Crippen LogP contribution < -0.4 is 10.6 Å². The number of nitrogens with one attached hydrogen (secondary N) is 2. The maximum Gasteiger partial charge on any atom is 0.417 e. The first-order valence-corrected chi connectivity index (χ1v) is 7.92. The molecule has 1 amide bonds. The quantitative estimate of drug-likeness (QED) is 0.771. The number of anilines is 2. The summed E-state index contributed by atoms with van der Waals surface area (Å²) >= 11 is 5.56. The Morgan fingerprint density at radius 1 is 1.20 bits per heavy atom. The van der Waals surface area contributed by atoms with Crippen molar-refractivity contribution in [1.29, 1.82) is 0 Å². The third-order valence-electron chi connectivity index (χ3n) is 3.24. The fourth-order valence-electron chi connectivity index (χ4n) is 2.00. The molecule has 0 unspecified atom stereocenters. The van der Waals surface area contributed by atoms with Crippen LogP contribution in [-0.4, -0.2) is 17.4 Å². The van der Waals surface area contributed by atoms with Crippen molar-refractivity contribution in [2.24, 2.45) is 5.92 Å². The number of benzene rings is 1. The molecule has 4 nitrogen and oxygen atoms in total. The summed E-state index contributed by atoms with van der Waals surface area (Å²) in [7, 11) is 0. The van der Waals surface area contributed by atoms with Gasteiger partial charge in [-0.3, -0.25) is 9.78 Å². The van der Waals surface area contributed by atoms with Crippen LogP contribution in [0.4, 0.5) is 24.5 Å². The van der Waals surface area contributed by atoms with Crippen LogP contribution in [0.1, 0.15) is 29.9 Å². The number of aromatic nitrogens is 1. The minimum absolute atomic E-state index is 0.0101. The summed E-state index contributed by atoms with van der Waals surface area (Å²) in [5, 5.41) is 5.13. The summed E-state index contributed by atoms with van der Waals surface area (Å²) in [5.41, 5.74) is -0.213. The number of pyridine rings is 1. The van der Waals surface area contributed by atoms with Crippen LogP contribution in [0.2, 0.25) is 5.02 Å². The zero-order valence-electron chi connectivity index (χ0n) is 13.6. The van der Waals surface area contributed by atoms with Crippen LogP contribution in [-0.2, 0) is 6.18 Å². The van der Waals surface area contributed by atoms with Gasteiger partial charge in [-0.25, -0.2) is 0 Å². The molecule has 1 heterocycles. The first-order chi connectivity index (χ1) is 11.7. The van der Waals surface area contributed by atoms with Gasteiger partial charge in [-0.1, -0.05) is 25.4 Å². The average Bonchev–Trinajstić information content (AvgIpc) is 2.54. The lowest BCUT2D eigenvalue weighted by atomic mass is 10.2. The van der Waals surface area contributed by atoms with Crippen molar-refractivity contribution in [2.75, 3.05) is 17.2 Å². The van der Waals surface area contributed by atoms with Crippen molar-refractivity contribution in [3.05, 3.63) is 52.8 Å². The SMILES string of the molecule is CC(C)CNc1ccnc(C(=O)Nc2ccc(Cl)c(C(F)(F)F)c2)c1. The number of carbonyl (C=O) groups is 1. The smallest absolute Gasteiger partial charge is 0.385 e. The van der Waals surface area contributed by atoms with Crippen LogP contribution in [0.25, 0.3) is 0 Å². The van der Waals surface area contributed by atoms with Gasteiger partial charge >= 0.3 is 6.18 Å². The van der Waals surface area contributed by atoms with Gasteiger partial charge in [-0.05, 0) is 36.2 Å². The van der Waals surface area contributed by atoms with Crippen molar-refractivity contribution < 1.29 is 18.0 Å². The van der Waals surface area contributed by atoms with Gasteiger partial charge in [-0.15, -0.1) is 0 Å². The second-order valence-corrected chi connectivity index (χ2v) is 6.26. The van der Waals surface area contributed by atoms with Crippen molar-refractivity contribution in [2.45, 2.75) is 20.0 Å². The fourth-order valence-corrected chi connectivity index (χ4v) is 2.23. The van der Waals surface area contributed by atoms with Crippen LogP contribution in [0, 0.1) is 5.92 Å². The zero-order valence-corrected chi connectivity index (χ0v) is 14.4. The standard InChI is InChI=1S/C17H17ClF3N3O/c1-10(2)9-23-11-5-6-22-15(8-11)16(25)24-12-3-4-14(18)13(7-12)17(19,20)21/h3-8,10H,9H2,1-2H3,(H,22,23)(H,24,25). The Bertz CT molecular complexity index is 763. The molecule has 2 rings (SSSR count). The van der Waals surface area contributed by atoms with Crippen molar-refractivity contribution in [3.63, 3.8) is 0 Å². The number of hydrogen-bond acceptors (Lipinski definition) is 3. The second kappa shape index (κ2) is 7.74. The molecule has 0 aliphatic rings. The van der Waals surface area contributed by atoms with Gasteiger partial charge in [0.2, 0.25) is 0 Å². The highest BCUT2D eigenvalue weighted by Gasteiger charge is 2.33. The lowest BCUT2D eigenvalue weighted by molar-refractivity contribution is -0.137. The Morgan fingerprint density at radius 2 is 1.92 bits per heavy atom. The Labute approximate surface area is 148 Å². The summed E-state index contributed by atoms with van der Waals surface area (Å²) in [5.74, 6) is -0.191. The molecule has 1 aromatic carbocycles. The van der Waals surface area contributed by atoms with Gasteiger partial charge in [0.1, 0.15) is 5.69 Å². The highest BCUT2D eigenvalue weighted by Crippen LogP contribution is 2.36. The minimum atomic E-state index is -4.60. The summed E-state index contributed by atoms with van der Waals surface area (Å²) in [4.78, 5) is 16.2. The Kier molecular flexibility index (Phi) is 5.89. The molecule has 0 saturated heterocycles. The topological polar surface area (TPSA) is 54.0 Å². The van der Waals surface area contributed by atoms with Gasteiger partial charge in [0.15, 0.2) is 0 Å². The average molecular weight is 372 g/mol. The highest BCUT2D eigenvalue weighted by atomic mass is 35.5. The summed E-state index contributed by atoms with van der Waals surface area (Å²) in [6, 6.07) is 6.44.